The van der Waals surface area contributed by atoms with Gasteiger partial charge in [-0.15, -0.1) is 0 Å². The van der Waals surface area contributed by atoms with E-state index >= 15 is 0 Å². The van der Waals surface area contributed by atoms with Crippen molar-refractivity contribution in [1.82, 2.24) is 5.16 Å². The Morgan fingerprint density at radius 1 is 1.06 bits per heavy atom. The average molecular weight is 245 g/mol. The van der Waals surface area contributed by atoms with E-state index in [1.54, 1.807) is 26.5 Å². The third-order valence-electron chi connectivity index (χ3n) is 1.76. The van der Waals surface area contributed by atoms with E-state index in [0.29, 0.717) is 0 Å². The van der Waals surface area contributed by atoms with Crippen LogP contribution in [0, 0.1) is 6.92 Å². The van der Waals surface area contributed by atoms with Crippen molar-refractivity contribution in [2.45, 2.75) is 40.0 Å². The number of aromatic nitrogens is 1. The normalized spacial score (nSPS) is 8.76. The molecule has 0 radical (unpaired) electrons. The summed E-state index contributed by atoms with van der Waals surface area (Å²) >= 11 is 0. The standard InChI is InChI=1S/C7H16O2.C4H5NO.C2H6/c1-8-6-4-3-5-7-9-2;1-4-2-3-6-5-4;1-2/h3-7H2,1-2H3;2-3H,1H3;1-2H3. The summed E-state index contributed by atoms with van der Waals surface area (Å²) < 4.78 is 14.2. The Bertz CT molecular complexity index is 194. The van der Waals surface area contributed by atoms with E-state index in [-0.39, 0.29) is 0 Å². The van der Waals surface area contributed by atoms with Crippen LogP contribution in [0.15, 0.2) is 16.9 Å². The molecule has 0 saturated heterocycles. The highest BCUT2D eigenvalue weighted by Crippen LogP contribution is 1.94. The highest BCUT2D eigenvalue weighted by atomic mass is 16.5. The molecule has 0 amide bonds. The van der Waals surface area contributed by atoms with E-state index in [2.05, 4.69) is 9.68 Å². The molecule has 0 aliphatic rings. The molecule has 1 rings (SSSR count). The van der Waals surface area contributed by atoms with Crippen molar-refractivity contribution in [3.05, 3.63) is 18.0 Å². The van der Waals surface area contributed by atoms with Crippen LogP contribution < -0.4 is 0 Å². The summed E-state index contributed by atoms with van der Waals surface area (Å²) in [7, 11) is 3.46. The van der Waals surface area contributed by atoms with Crippen molar-refractivity contribution in [3.63, 3.8) is 0 Å². The first-order chi connectivity index (χ1) is 8.31. The molecule has 0 aromatic carbocycles. The molecule has 102 valence electrons. The number of hydrogen-bond acceptors (Lipinski definition) is 4. The van der Waals surface area contributed by atoms with Crippen LogP contribution in [0.4, 0.5) is 0 Å². The topological polar surface area (TPSA) is 44.5 Å². The fourth-order valence-electron chi connectivity index (χ4n) is 0.942. The molecule has 0 aliphatic carbocycles. The lowest BCUT2D eigenvalue weighted by Gasteiger charge is -1.97. The summed E-state index contributed by atoms with van der Waals surface area (Å²) in [4.78, 5) is 0. The van der Waals surface area contributed by atoms with Gasteiger partial charge in [-0.05, 0) is 26.2 Å². The first-order valence-corrected chi connectivity index (χ1v) is 6.16. The third-order valence-corrected chi connectivity index (χ3v) is 1.76. The third kappa shape index (κ3) is 17.7. The summed E-state index contributed by atoms with van der Waals surface area (Å²) in [5, 5.41) is 3.54. The van der Waals surface area contributed by atoms with Gasteiger partial charge >= 0.3 is 0 Å². The molecule has 1 aromatic heterocycles. The van der Waals surface area contributed by atoms with E-state index in [1.165, 1.54) is 6.42 Å². The van der Waals surface area contributed by atoms with Gasteiger partial charge in [-0.2, -0.15) is 0 Å². The molecular weight excluding hydrogens is 218 g/mol. The van der Waals surface area contributed by atoms with E-state index in [0.717, 1.165) is 31.7 Å². The molecule has 1 heterocycles. The van der Waals surface area contributed by atoms with Crippen molar-refractivity contribution in [2.24, 2.45) is 0 Å². The number of hydrogen-bond donors (Lipinski definition) is 0. The Hall–Kier alpha value is -0.870. The van der Waals surface area contributed by atoms with Gasteiger partial charge in [0.25, 0.3) is 0 Å². The minimum Gasteiger partial charge on any atom is -0.385 e. The van der Waals surface area contributed by atoms with Gasteiger partial charge in [0.1, 0.15) is 6.26 Å². The van der Waals surface area contributed by atoms with Crippen molar-refractivity contribution in [1.29, 1.82) is 0 Å². The second kappa shape index (κ2) is 17.5. The number of aryl methyl sites for hydroxylation is 1. The molecule has 17 heavy (non-hydrogen) atoms. The lowest BCUT2D eigenvalue weighted by Crippen LogP contribution is -1.91. The van der Waals surface area contributed by atoms with Crippen LogP contribution in [0.3, 0.4) is 0 Å². The quantitative estimate of drug-likeness (QED) is 0.720. The number of nitrogens with zero attached hydrogens (tertiary/aromatic N) is 1. The van der Waals surface area contributed by atoms with Crippen molar-refractivity contribution in [2.75, 3.05) is 27.4 Å². The molecule has 0 N–H and O–H groups in total. The van der Waals surface area contributed by atoms with Gasteiger partial charge in [0, 0.05) is 33.5 Å². The van der Waals surface area contributed by atoms with Crippen molar-refractivity contribution < 1.29 is 14.0 Å². The molecular formula is C13H27NO3. The highest BCUT2D eigenvalue weighted by molar-refractivity contribution is 4.89. The van der Waals surface area contributed by atoms with Gasteiger partial charge in [-0.25, -0.2) is 0 Å². The summed E-state index contributed by atoms with van der Waals surface area (Å²) in [5.41, 5.74) is 0.926. The van der Waals surface area contributed by atoms with Crippen LogP contribution in [0.1, 0.15) is 38.8 Å². The van der Waals surface area contributed by atoms with Gasteiger partial charge in [0.15, 0.2) is 0 Å². The van der Waals surface area contributed by atoms with Gasteiger partial charge in [0.05, 0.1) is 5.69 Å². The molecule has 0 atom stereocenters. The largest absolute Gasteiger partial charge is 0.385 e. The summed E-state index contributed by atoms with van der Waals surface area (Å²) in [5.74, 6) is 0. The average Bonchev–Trinajstić information content (AvgIpc) is 2.84. The van der Waals surface area contributed by atoms with Crippen LogP contribution >= 0.6 is 0 Å². The van der Waals surface area contributed by atoms with Crippen LogP contribution in [-0.4, -0.2) is 32.6 Å². The minimum atomic E-state index is 0.879. The fraction of sp³-hybridized carbons (Fsp3) is 0.769. The summed E-state index contributed by atoms with van der Waals surface area (Å²) in [6.07, 6.45) is 5.07. The highest BCUT2D eigenvalue weighted by Gasteiger charge is 1.86. The van der Waals surface area contributed by atoms with E-state index in [1.807, 2.05) is 20.8 Å². The van der Waals surface area contributed by atoms with Crippen molar-refractivity contribution in [3.8, 4) is 0 Å². The number of unbranched alkanes of at least 4 members (excludes halogenated alkanes) is 2. The zero-order chi connectivity index (χ0) is 13.4. The van der Waals surface area contributed by atoms with Gasteiger partial charge in [0.2, 0.25) is 0 Å². The van der Waals surface area contributed by atoms with Gasteiger partial charge in [-0.1, -0.05) is 19.0 Å². The summed E-state index contributed by atoms with van der Waals surface area (Å²) in [6, 6.07) is 1.81. The molecule has 4 heteroatoms. The summed E-state index contributed by atoms with van der Waals surface area (Å²) in [6.45, 7) is 7.64. The lowest BCUT2D eigenvalue weighted by atomic mass is 10.2. The van der Waals surface area contributed by atoms with E-state index in [9.17, 15) is 0 Å². The van der Waals surface area contributed by atoms with Crippen molar-refractivity contribution >= 4 is 0 Å². The van der Waals surface area contributed by atoms with Crippen LogP contribution in [0.2, 0.25) is 0 Å². The van der Waals surface area contributed by atoms with Crippen LogP contribution in [0.5, 0.6) is 0 Å². The minimum absolute atomic E-state index is 0.879. The van der Waals surface area contributed by atoms with Crippen LogP contribution in [-0.2, 0) is 9.47 Å². The first-order valence-electron chi connectivity index (χ1n) is 6.16. The SMILES string of the molecule is CC.COCCCCCOC.Cc1ccon1. The maximum atomic E-state index is 4.88. The second-order valence-corrected chi connectivity index (χ2v) is 3.19. The molecule has 0 saturated carbocycles. The molecule has 0 bridgehead atoms. The molecule has 0 unspecified atom stereocenters. The lowest BCUT2D eigenvalue weighted by molar-refractivity contribution is 0.173. The van der Waals surface area contributed by atoms with E-state index in [4.69, 9.17) is 9.47 Å². The fourth-order valence-corrected chi connectivity index (χ4v) is 0.942. The Balaban J connectivity index is 0. The van der Waals surface area contributed by atoms with E-state index < -0.39 is 0 Å². The van der Waals surface area contributed by atoms with Crippen LogP contribution in [0.25, 0.3) is 0 Å². The predicted molar refractivity (Wildman–Crippen MR) is 70.2 cm³/mol. The smallest absolute Gasteiger partial charge is 0.124 e. The zero-order valence-electron chi connectivity index (χ0n) is 11.9. The van der Waals surface area contributed by atoms with Gasteiger partial charge in [-0.3, -0.25) is 0 Å². The Morgan fingerprint density at radius 3 is 1.82 bits per heavy atom. The Morgan fingerprint density at radius 2 is 1.59 bits per heavy atom. The number of methoxy groups -OCH3 is 2. The second-order valence-electron chi connectivity index (χ2n) is 3.19. The monoisotopic (exact) mass is 245 g/mol. The molecule has 1 aromatic rings. The molecule has 0 spiro atoms. The molecule has 0 aliphatic heterocycles. The molecule has 0 fully saturated rings. The Kier molecular flexibility index (Phi) is 19.1. The first kappa shape index (κ1) is 18.5. The molecule has 4 nitrogen and oxygen atoms in total. The zero-order valence-corrected chi connectivity index (χ0v) is 11.9. The Labute approximate surface area is 105 Å². The van der Waals surface area contributed by atoms with Gasteiger partial charge < -0.3 is 14.0 Å². The maximum Gasteiger partial charge on any atom is 0.124 e. The predicted octanol–water partition coefficient (Wildman–Crippen LogP) is 3.46. The number of ether oxygens (including phenoxy) is 2. The number of rotatable bonds is 6. The maximum absolute atomic E-state index is 4.88.